The third-order valence-electron chi connectivity index (χ3n) is 5.84. The van der Waals surface area contributed by atoms with Crippen LogP contribution >= 0.6 is 0 Å². The molecule has 0 aromatic carbocycles. The monoisotopic (exact) mass is 364 g/mol. The molecule has 7 heteroatoms. The molecule has 24 heavy (non-hydrogen) atoms. The number of carbonyl (C=O) groups is 2. The van der Waals surface area contributed by atoms with Crippen LogP contribution in [0, 0.1) is 10.8 Å². The van der Waals surface area contributed by atoms with Gasteiger partial charge < -0.3 is 19.1 Å². The number of ether oxygens (including phenoxy) is 1. The Morgan fingerprint density at radius 2 is 1.75 bits per heavy atom. The first-order chi connectivity index (χ1) is 10.2. The van der Waals surface area contributed by atoms with Gasteiger partial charge in [-0.3, -0.25) is 4.79 Å². The van der Waals surface area contributed by atoms with Gasteiger partial charge in [0.1, 0.15) is 0 Å². The molecule has 0 saturated carbocycles. The van der Waals surface area contributed by atoms with Crippen molar-refractivity contribution in [1.82, 2.24) is 0 Å². The first-order valence-corrected chi connectivity index (χ1v) is 10.8. The number of esters is 1. The van der Waals surface area contributed by atoms with E-state index in [1.807, 2.05) is 0 Å². The maximum Gasteiger partial charge on any atom is 1.00 e. The number of aliphatic carboxylic acids is 1. The molecule has 0 aromatic rings. The first kappa shape index (κ1) is 23.9. The number of hydrogen-bond acceptors (Lipinski definition) is 5. The summed E-state index contributed by atoms with van der Waals surface area (Å²) in [4.78, 5) is 24.4. The molecular formula is C17H29NaO5Si. The molecule has 0 unspecified atom stereocenters. The van der Waals surface area contributed by atoms with Crippen LogP contribution in [0.2, 0.25) is 18.1 Å². The molecule has 0 amide bonds. The van der Waals surface area contributed by atoms with E-state index < -0.39 is 37.2 Å². The summed E-state index contributed by atoms with van der Waals surface area (Å²) in [7, 11) is -0.960. The van der Waals surface area contributed by atoms with Gasteiger partial charge in [-0.25, -0.2) is 0 Å². The average molecular weight is 364 g/mol. The van der Waals surface area contributed by atoms with E-state index in [2.05, 4.69) is 33.9 Å². The van der Waals surface area contributed by atoms with Crippen molar-refractivity contribution in [2.45, 2.75) is 65.3 Å². The van der Waals surface area contributed by atoms with Crippen molar-refractivity contribution in [2.75, 3.05) is 7.11 Å². The zero-order valence-corrected chi connectivity index (χ0v) is 19.5. The molecule has 0 N–H and O–H groups in total. The van der Waals surface area contributed by atoms with E-state index in [0.29, 0.717) is 0 Å². The molecule has 1 aliphatic carbocycles. The minimum atomic E-state index is -2.23. The number of carboxylic acid groups (broad SMARTS) is 1. The average Bonchev–Trinajstić information content (AvgIpc) is 2.41. The van der Waals surface area contributed by atoms with Gasteiger partial charge in [0.05, 0.1) is 30.0 Å². The Labute approximate surface area is 168 Å². The number of carbonyl (C=O) groups excluding carboxylic acids is 2. The smallest absolute Gasteiger partial charge is 0.549 e. The van der Waals surface area contributed by atoms with Gasteiger partial charge in [0.2, 0.25) is 0 Å². The Balaban J connectivity index is 0.00000529. The number of hydrogen-bond donors (Lipinski definition) is 0. The van der Waals surface area contributed by atoms with Crippen molar-refractivity contribution in [3.8, 4) is 0 Å². The second kappa shape index (κ2) is 7.62. The van der Waals surface area contributed by atoms with Crippen molar-refractivity contribution in [1.29, 1.82) is 0 Å². The summed E-state index contributed by atoms with van der Waals surface area (Å²) in [5, 5.41) is 12.0. The van der Waals surface area contributed by atoms with E-state index in [1.54, 1.807) is 19.1 Å². The molecule has 1 aliphatic rings. The van der Waals surface area contributed by atoms with Crippen LogP contribution in [0.1, 0.15) is 41.0 Å². The summed E-state index contributed by atoms with van der Waals surface area (Å²) in [6.07, 6.45) is 3.10. The van der Waals surface area contributed by atoms with Crippen LogP contribution in [0.5, 0.6) is 0 Å². The van der Waals surface area contributed by atoms with Gasteiger partial charge in [-0.05, 0) is 31.5 Å². The normalized spacial score (nSPS) is 30.4. The summed E-state index contributed by atoms with van der Waals surface area (Å²) >= 11 is 0. The van der Waals surface area contributed by atoms with Crippen LogP contribution in [0.25, 0.3) is 0 Å². The minimum absolute atomic E-state index is 0. The fourth-order valence-corrected chi connectivity index (χ4v) is 3.96. The van der Waals surface area contributed by atoms with Crippen LogP contribution in [0.4, 0.5) is 0 Å². The van der Waals surface area contributed by atoms with Crippen LogP contribution < -0.4 is 34.7 Å². The Hall–Kier alpha value is -0.143. The van der Waals surface area contributed by atoms with E-state index in [4.69, 9.17) is 9.16 Å². The molecule has 0 aliphatic heterocycles. The summed E-state index contributed by atoms with van der Waals surface area (Å²) in [5.74, 6) is -1.85. The van der Waals surface area contributed by atoms with E-state index in [0.717, 1.165) is 0 Å². The van der Waals surface area contributed by atoms with E-state index in [-0.39, 0.29) is 41.0 Å². The zero-order chi connectivity index (χ0) is 18.3. The third kappa shape index (κ3) is 3.83. The van der Waals surface area contributed by atoms with Crippen molar-refractivity contribution in [3.63, 3.8) is 0 Å². The summed E-state index contributed by atoms with van der Waals surface area (Å²) in [5.41, 5.74) is -2.73. The summed E-state index contributed by atoms with van der Waals surface area (Å²) in [6.45, 7) is 13.5. The van der Waals surface area contributed by atoms with Crippen LogP contribution in [0.15, 0.2) is 12.2 Å². The van der Waals surface area contributed by atoms with Crippen molar-refractivity contribution >= 4 is 20.3 Å². The van der Waals surface area contributed by atoms with Gasteiger partial charge in [0.25, 0.3) is 0 Å². The Bertz CT molecular complexity index is 526. The topological polar surface area (TPSA) is 75.7 Å². The number of methoxy groups -OCH3 is 1. The number of carboxylic acids is 1. The minimum Gasteiger partial charge on any atom is -0.549 e. The maximum absolute atomic E-state index is 12.3. The maximum atomic E-state index is 12.3. The molecule has 0 spiro atoms. The Morgan fingerprint density at radius 1 is 1.25 bits per heavy atom. The third-order valence-corrected chi connectivity index (χ3v) is 10.3. The summed E-state index contributed by atoms with van der Waals surface area (Å²) < 4.78 is 11.2. The predicted octanol–water partition coefficient (Wildman–Crippen LogP) is -0.724. The molecule has 3 atom stereocenters. The predicted molar refractivity (Wildman–Crippen MR) is 89.1 cm³/mol. The molecule has 0 heterocycles. The van der Waals surface area contributed by atoms with Gasteiger partial charge in [-0.1, -0.05) is 39.8 Å². The van der Waals surface area contributed by atoms with Crippen LogP contribution in [-0.4, -0.2) is 33.5 Å². The molecule has 0 fully saturated rings. The van der Waals surface area contributed by atoms with Gasteiger partial charge >= 0.3 is 35.5 Å². The van der Waals surface area contributed by atoms with Gasteiger partial charge in [0.15, 0.2) is 8.32 Å². The Morgan fingerprint density at radius 3 is 2.12 bits per heavy atom. The number of rotatable bonds is 4. The van der Waals surface area contributed by atoms with Gasteiger partial charge in [-0.2, -0.15) is 0 Å². The molecule has 1 rings (SSSR count). The molecule has 132 valence electrons. The fourth-order valence-electron chi connectivity index (χ4n) is 2.66. The van der Waals surface area contributed by atoms with Crippen molar-refractivity contribution < 1.29 is 53.4 Å². The summed E-state index contributed by atoms with van der Waals surface area (Å²) in [6, 6.07) is 0. The second-order valence-corrected chi connectivity index (χ2v) is 13.0. The SMILES string of the molecule is COC(=O)[C@@]1(C)CC=C[C@H](O[Si](C)(C)C(C)(C)C)[C@@]1(C)C(=O)[O-].[Na+]. The van der Waals surface area contributed by atoms with E-state index in [9.17, 15) is 14.7 Å². The van der Waals surface area contributed by atoms with Crippen molar-refractivity contribution in [2.24, 2.45) is 10.8 Å². The molecule has 0 bridgehead atoms. The standard InChI is InChI=1S/C17H30O5Si.Na/c1-15(2,3)23(7,8)22-12-10-9-11-16(4,14(20)21-6)17(12,5)13(18)19;/h9-10,12H,11H2,1-8H3,(H,18,19);/q;+1/p-1/t12-,16+,17-;/m0./s1. The fraction of sp³-hybridized carbons (Fsp3) is 0.765. The zero-order valence-electron chi connectivity index (χ0n) is 16.5. The van der Waals surface area contributed by atoms with E-state index >= 15 is 0 Å². The largest absolute Gasteiger partial charge is 1.00 e. The molecule has 0 radical (unpaired) electrons. The number of allylic oxidation sites excluding steroid dienone is 1. The van der Waals surface area contributed by atoms with Crippen LogP contribution in [0.3, 0.4) is 0 Å². The Kier molecular flexibility index (Phi) is 7.57. The molecule has 0 saturated heterocycles. The van der Waals surface area contributed by atoms with Crippen LogP contribution in [-0.2, 0) is 18.8 Å². The van der Waals surface area contributed by atoms with Crippen molar-refractivity contribution in [3.05, 3.63) is 12.2 Å². The van der Waals surface area contributed by atoms with E-state index in [1.165, 1.54) is 14.0 Å². The van der Waals surface area contributed by atoms with Gasteiger partial charge in [-0.15, -0.1) is 0 Å². The van der Waals surface area contributed by atoms with Gasteiger partial charge in [0, 0.05) is 0 Å². The quantitative estimate of drug-likeness (QED) is 0.374. The molecular weight excluding hydrogens is 335 g/mol. The first-order valence-electron chi connectivity index (χ1n) is 7.88. The molecule has 5 nitrogen and oxygen atoms in total. The molecule has 0 aromatic heterocycles. The second-order valence-electron chi connectivity index (χ2n) is 8.24.